The molecule has 0 saturated carbocycles. The molecular formula is C27H21NO2P+. The molecule has 4 heteroatoms. The Bertz CT molecular complexity index is 1120. The normalized spacial score (nSPS) is 12.0. The molecule has 150 valence electrons. The summed E-state index contributed by atoms with van der Waals surface area (Å²) in [6, 6.07) is 39.8. The van der Waals surface area contributed by atoms with Crippen LogP contribution in [0.4, 0.5) is 0 Å². The highest BCUT2D eigenvalue weighted by molar-refractivity contribution is 7.96. The van der Waals surface area contributed by atoms with E-state index in [1.54, 1.807) is 18.2 Å². The average Bonchev–Trinajstić information content (AvgIpc) is 2.84. The van der Waals surface area contributed by atoms with Crippen molar-refractivity contribution in [1.29, 1.82) is 5.26 Å². The van der Waals surface area contributed by atoms with Gasteiger partial charge < -0.3 is 5.11 Å². The number of carboxylic acid groups (broad SMARTS) is 1. The van der Waals surface area contributed by atoms with Crippen molar-refractivity contribution in [3.8, 4) is 6.07 Å². The first kappa shape index (κ1) is 20.5. The third kappa shape index (κ3) is 3.75. The second-order valence-corrected chi connectivity index (χ2v) is 10.7. The Balaban J connectivity index is 2.10. The molecule has 0 heterocycles. The summed E-state index contributed by atoms with van der Waals surface area (Å²) in [4.78, 5) is 11.6. The molecule has 4 aromatic rings. The van der Waals surface area contributed by atoms with Crippen molar-refractivity contribution in [2.45, 2.75) is 5.66 Å². The van der Waals surface area contributed by atoms with Gasteiger partial charge in [0.05, 0.1) is 5.56 Å². The minimum Gasteiger partial charge on any atom is -0.478 e. The van der Waals surface area contributed by atoms with Crippen LogP contribution in [0.1, 0.15) is 21.6 Å². The second-order valence-electron chi connectivity index (χ2n) is 7.19. The van der Waals surface area contributed by atoms with Gasteiger partial charge in [0.25, 0.3) is 0 Å². The third-order valence-electron chi connectivity index (χ3n) is 5.45. The van der Waals surface area contributed by atoms with Crippen molar-refractivity contribution in [3.63, 3.8) is 0 Å². The fourth-order valence-electron chi connectivity index (χ4n) is 4.11. The van der Waals surface area contributed by atoms with E-state index < -0.39 is 18.9 Å². The van der Waals surface area contributed by atoms with Crippen molar-refractivity contribution in [2.75, 3.05) is 0 Å². The maximum absolute atomic E-state index is 11.6. The summed E-state index contributed by atoms with van der Waals surface area (Å²) in [5, 5.41) is 23.4. The quantitative estimate of drug-likeness (QED) is 0.448. The molecule has 4 rings (SSSR count). The minimum absolute atomic E-state index is 0.185. The van der Waals surface area contributed by atoms with E-state index in [0.717, 1.165) is 15.9 Å². The van der Waals surface area contributed by atoms with E-state index in [2.05, 4.69) is 42.5 Å². The van der Waals surface area contributed by atoms with Crippen LogP contribution < -0.4 is 15.9 Å². The second kappa shape index (κ2) is 8.96. The summed E-state index contributed by atoms with van der Waals surface area (Å²) in [6.07, 6.45) is 0. The van der Waals surface area contributed by atoms with E-state index in [9.17, 15) is 15.2 Å². The molecule has 1 atom stereocenters. The topological polar surface area (TPSA) is 61.1 Å². The predicted octanol–water partition coefficient (Wildman–Crippen LogP) is 4.94. The van der Waals surface area contributed by atoms with Crippen LogP contribution in [0, 0.1) is 11.3 Å². The van der Waals surface area contributed by atoms with Gasteiger partial charge in [-0.05, 0) is 48.5 Å². The number of hydrogen-bond acceptors (Lipinski definition) is 2. The Morgan fingerprint density at radius 2 is 1.16 bits per heavy atom. The standard InChI is InChI=1S/C27H20NO2P/c28-20-26(21-11-10-12-22(19-21)27(29)30)31(23-13-4-1-5-14-23,24-15-6-2-7-16-24)25-17-8-3-9-18-25/h1-19,26H/p+1. The summed E-state index contributed by atoms with van der Waals surface area (Å²) in [5.74, 6) is -0.999. The van der Waals surface area contributed by atoms with Crippen LogP contribution in [0.15, 0.2) is 115 Å². The molecule has 0 amide bonds. The largest absolute Gasteiger partial charge is 0.478 e. The lowest BCUT2D eigenvalue weighted by molar-refractivity contribution is 0.0696. The Morgan fingerprint density at radius 3 is 1.55 bits per heavy atom. The molecule has 0 aliphatic rings. The van der Waals surface area contributed by atoms with Crippen LogP contribution in [0.5, 0.6) is 0 Å². The number of carbonyl (C=O) groups is 1. The van der Waals surface area contributed by atoms with Gasteiger partial charge in [-0.2, -0.15) is 5.26 Å². The van der Waals surface area contributed by atoms with Gasteiger partial charge in [0, 0.05) is 5.56 Å². The third-order valence-corrected chi connectivity index (χ3v) is 9.98. The molecule has 0 spiro atoms. The molecule has 0 fully saturated rings. The lowest BCUT2D eigenvalue weighted by Gasteiger charge is -2.31. The summed E-state index contributed by atoms with van der Waals surface area (Å²) in [7, 11) is -2.49. The first-order valence-corrected chi connectivity index (χ1v) is 11.8. The molecule has 0 radical (unpaired) electrons. The summed E-state index contributed by atoms with van der Waals surface area (Å²) in [6.45, 7) is 0. The van der Waals surface area contributed by atoms with Gasteiger partial charge in [0.15, 0.2) is 5.66 Å². The van der Waals surface area contributed by atoms with Gasteiger partial charge in [-0.15, -0.1) is 0 Å². The number of benzene rings is 4. The lowest BCUT2D eigenvalue weighted by Crippen LogP contribution is -2.35. The summed E-state index contributed by atoms with van der Waals surface area (Å²) in [5.41, 5.74) is 0.358. The molecule has 31 heavy (non-hydrogen) atoms. The van der Waals surface area contributed by atoms with Crippen molar-refractivity contribution in [1.82, 2.24) is 0 Å². The average molecular weight is 422 g/mol. The maximum atomic E-state index is 11.6. The Kier molecular flexibility index (Phi) is 5.94. The molecule has 0 bridgehead atoms. The number of nitrogens with zero attached hydrogens (tertiary/aromatic N) is 1. The van der Waals surface area contributed by atoms with E-state index in [1.165, 1.54) is 0 Å². The highest BCUT2D eigenvalue weighted by Crippen LogP contribution is 2.66. The zero-order chi connectivity index (χ0) is 21.7. The van der Waals surface area contributed by atoms with Gasteiger partial charge in [0.1, 0.15) is 29.2 Å². The van der Waals surface area contributed by atoms with E-state index >= 15 is 0 Å². The van der Waals surface area contributed by atoms with Crippen LogP contribution in [0.3, 0.4) is 0 Å². The molecule has 0 saturated heterocycles. The SMILES string of the molecule is N#CC(c1cccc(C(=O)O)c1)[P+](c1ccccc1)(c1ccccc1)c1ccccc1. The molecule has 0 aromatic heterocycles. The first-order valence-electron chi connectivity index (χ1n) is 9.96. The molecule has 0 aliphatic carbocycles. The van der Waals surface area contributed by atoms with E-state index in [0.29, 0.717) is 5.56 Å². The van der Waals surface area contributed by atoms with E-state index in [-0.39, 0.29) is 5.56 Å². The minimum atomic E-state index is -2.49. The molecular weight excluding hydrogens is 401 g/mol. The number of hydrogen-bond donors (Lipinski definition) is 1. The van der Waals surface area contributed by atoms with Crippen LogP contribution in [-0.2, 0) is 0 Å². The number of carboxylic acids is 1. The van der Waals surface area contributed by atoms with Crippen molar-refractivity contribution in [2.24, 2.45) is 0 Å². The van der Waals surface area contributed by atoms with Crippen LogP contribution >= 0.6 is 7.26 Å². The highest BCUT2D eigenvalue weighted by atomic mass is 31.2. The lowest BCUT2D eigenvalue weighted by atomic mass is 10.1. The van der Waals surface area contributed by atoms with Crippen LogP contribution in [-0.4, -0.2) is 11.1 Å². The van der Waals surface area contributed by atoms with E-state index in [1.807, 2.05) is 60.7 Å². The molecule has 1 N–H and O–H groups in total. The molecule has 4 aromatic carbocycles. The zero-order valence-corrected chi connectivity index (χ0v) is 17.7. The van der Waals surface area contributed by atoms with Gasteiger partial charge in [-0.25, -0.2) is 4.79 Å². The Morgan fingerprint density at radius 1 is 0.710 bits per heavy atom. The first-order chi connectivity index (χ1) is 15.2. The van der Waals surface area contributed by atoms with Crippen LogP contribution in [0.2, 0.25) is 0 Å². The molecule has 0 aliphatic heterocycles. The van der Waals surface area contributed by atoms with Gasteiger partial charge in [0.2, 0.25) is 0 Å². The Hall–Kier alpha value is -3.73. The van der Waals surface area contributed by atoms with Gasteiger partial charge in [-0.3, -0.25) is 0 Å². The maximum Gasteiger partial charge on any atom is 0.335 e. The van der Waals surface area contributed by atoms with Gasteiger partial charge >= 0.3 is 5.97 Å². The Labute approximate surface area is 182 Å². The molecule has 1 unspecified atom stereocenters. The summed E-state index contributed by atoms with van der Waals surface area (Å²) >= 11 is 0. The predicted molar refractivity (Wildman–Crippen MR) is 127 cm³/mol. The fourth-order valence-corrected chi connectivity index (χ4v) is 8.61. The number of rotatable bonds is 6. The van der Waals surface area contributed by atoms with Crippen molar-refractivity contribution >= 4 is 29.1 Å². The van der Waals surface area contributed by atoms with Crippen molar-refractivity contribution in [3.05, 3.63) is 126 Å². The van der Waals surface area contributed by atoms with E-state index in [4.69, 9.17) is 0 Å². The number of aromatic carboxylic acids is 1. The number of nitriles is 1. The highest BCUT2D eigenvalue weighted by Gasteiger charge is 2.53. The monoisotopic (exact) mass is 422 g/mol. The molecule has 3 nitrogen and oxygen atoms in total. The van der Waals surface area contributed by atoms with Gasteiger partial charge in [-0.1, -0.05) is 66.7 Å². The smallest absolute Gasteiger partial charge is 0.335 e. The van der Waals surface area contributed by atoms with Crippen LogP contribution in [0.25, 0.3) is 0 Å². The summed E-state index contributed by atoms with van der Waals surface area (Å²) < 4.78 is 0. The van der Waals surface area contributed by atoms with Crippen molar-refractivity contribution < 1.29 is 9.90 Å². The fraction of sp³-hybridized carbons (Fsp3) is 0.0370. The zero-order valence-electron chi connectivity index (χ0n) is 16.8.